The molecule has 0 aliphatic carbocycles. The lowest BCUT2D eigenvalue weighted by molar-refractivity contribution is -0.274. The predicted octanol–water partition coefficient (Wildman–Crippen LogP) is 0.00108. The van der Waals surface area contributed by atoms with Gasteiger partial charge >= 0.3 is 23.8 Å². The van der Waals surface area contributed by atoms with Crippen molar-refractivity contribution in [1.82, 2.24) is 0 Å². The molecule has 0 aromatic heterocycles. The molecule has 0 aromatic carbocycles. The average Bonchev–Trinajstić information content (AvgIpc) is 2.36. The first kappa shape index (κ1) is 16.8. The van der Waals surface area contributed by atoms with Crippen molar-refractivity contribution in [3.8, 4) is 6.07 Å². The lowest BCUT2D eigenvalue weighted by Gasteiger charge is -2.40. The number of ether oxygens (including phenoxy) is 4. The van der Waals surface area contributed by atoms with Crippen LogP contribution >= 0.6 is 0 Å². The van der Waals surface area contributed by atoms with Gasteiger partial charge in [0.2, 0.25) is 6.10 Å². The molecule has 8 nitrogen and oxygen atoms in total. The molecule has 1 heterocycles. The monoisotopic (exact) mass is 303 g/mol. The zero-order valence-electron chi connectivity index (χ0n) is 11.6. The van der Waals surface area contributed by atoms with Gasteiger partial charge in [-0.2, -0.15) is 9.65 Å². The van der Waals surface area contributed by atoms with Crippen LogP contribution in [0.5, 0.6) is 0 Å². The van der Waals surface area contributed by atoms with Crippen LogP contribution in [-0.2, 0) is 33.3 Å². The van der Waals surface area contributed by atoms with Crippen LogP contribution < -0.4 is 0 Å². The van der Waals surface area contributed by atoms with Crippen LogP contribution in [0.3, 0.4) is 0 Å². The SMILES string of the molecule is CC(=O)OC1COC(F)(C#N)C(OC(C)=O)C1OC(C)=O. The van der Waals surface area contributed by atoms with E-state index in [1.54, 1.807) is 0 Å². The van der Waals surface area contributed by atoms with Crippen LogP contribution in [0.1, 0.15) is 20.8 Å². The summed E-state index contributed by atoms with van der Waals surface area (Å²) < 4.78 is 33.4. The Morgan fingerprint density at radius 3 is 2.10 bits per heavy atom. The Labute approximate surface area is 119 Å². The van der Waals surface area contributed by atoms with Crippen molar-refractivity contribution < 1.29 is 37.7 Å². The highest BCUT2D eigenvalue weighted by Crippen LogP contribution is 2.32. The first-order valence-corrected chi connectivity index (χ1v) is 5.95. The van der Waals surface area contributed by atoms with Crippen LogP contribution in [-0.4, -0.2) is 48.7 Å². The highest BCUT2D eigenvalue weighted by molar-refractivity contribution is 5.68. The Hall–Kier alpha value is -2.21. The van der Waals surface area contributed by atoms with E-state index in [0.717, 1.165) is 20.8 Å². The van der Waals surface area contributed by atoms with Gasteiger partial charge < -0.3 is 18.9 Å². The summed E-state index contributed by atoms with van der Waals surface area (Å²) in [6.45, 7) is 2.59. The summed E-state index contributed by atoms with van der Waals surface area (Å²) in [5, 5.41) is 8.86. The molecule has 116 valence electrons. The summed E-state index contributed by atoms with van der Waals surface area (Å²) >= 11 is 0. The third-order valence-electron chi connectivity index (χ3n) is 2.55. The van der Waals surface area contributed by atoms with Crippen molar-refractivity contribution in [2.24, 2.45) is 0 Å². The second kappa shape index (κ2) is 6.49. The Balaban J connectivity index is 3.13. The molecular formula is C12H14FNO7. The predicted molar refractivity (Wildman–Crippen MR) is 62.1 cm³/mol. The lowest BCUT2D eigenvalue weighted by Crippen LogP contribution is -2.61. The number of nitriles is 1. The van der Waals surface area contributed by atoms with Gasteiger partial charge in [-0.15, -0.1) is 0 Å². The zero-order valence-corrected chi connectivity index (χ0v) is 11.6. The van der Waals surface area contributed by atoms with E-state index in [1.807, 2.05) is 0 Å². The molecule has 1 rings (SSSR count). The minimum absolute atomic E-state index is 0.528. The summed E-state index contributed by atoms with van der Waals surface area (Å²) in [6, 6.07) is 1.21. The topological polar surface area (TPSA) is 112 Å². The first-order valence-electron chi connectivity index (χ1n) is 5.95. The van der Waals surface area contributed by atoms with Gasteiger partial charge in [0, 0.05) is 20.8 Å². The minimum Gasteiger partial charge on any atom is -0.456 e. The molecule has 9 heteroatoms. The maximum Gasteiger partial charge on any atom is 0.338 e. The molecular weight excluding hydrogens is 289 g/mol. The number of halogens is 1. The molecule has 21 heavy (non-hydrogen) atoms. The maximum atomic E-state index is 14.3. The Morgan fingerprint density at radius 1 is 1.14 bits per heavy atom. The molecule has 1 aliphatic rings. The number of rotatable bonds is 3. The molecule has 0 saturated carbocycles. The standard InChI is InChI=1S/C12H14FNO7/c1-6(15)19-9-4-18-12(13,5-14)11(21-8(3)17)10(9)20-7(2)16/h9-11H,4H2,1-3H3. The van der Waals surface area contributed by atoms with Crippen molar-refractivity contribution in [3.63, 3.8) is 0 Å². The molecule has 0 bridgehead atoms. The molecule has 0 spiro atoms. The molecule has 0 aromatic rings. The largest absolute Gasteiger partial charge is 0.456 e. The van der Waals surface area contributed by atoms with Crippen LogP contribution in [0.4, 0.5) is 4.39 Å². The van der Waals surface area contributed by atoms with Crippen LogP contribution in [0.25, 0.3) is 0 Å². The number of nitrogens with zero attached hydrogens (tertiary/aromatic N) is 1. The van der Waals surface area contributed by atoms with Crippen LogP contribution in [0, 0.1) is 11.3 Å². The molecule has 1 saturated heterocycles. The Bertz CT molecular complexity index is 488. The van der Waals surface area contributed by atoms with Crippen molar-refractivity contribution in [2.75, 3.05) is 6.61 Å². The zero-order chi connectivity index (χ0) is 16.2. The molecule has 0 radical (unpaired) electrons. The maximum absolute atomic E-state index is 14.3. The van der Waals surface area contributed by atoms with Crippen molar-refractivity contribution in [3.05, 3.63) is 0 Å². The van der Waals surface area contributed by atoms with Crippen molar-refractivity contribution in [2.45, 2.75) is 44.9 Å². The van der Waals surface area contributed by atoms with Gasteiger partial charge in [0.05, 0.1) is 6.61 Å². The van der Waals surface area contributed by atoms with Crippen LogP contribution in [0.15, 0.2) is 0 Å². The van der Waals surface area contributed by atoms with Gasteiger partial charge in [-0.25, -0.2) is 0 Å². The van der Waals surface area contributed by atoms with Gasteiger partial charge in [-0.05, 0) is 0 Å². The van der Waals surface area contributed by atoms with Gasteiger partial charge in [-0.3, -0.25) is 14.4 Å². The van der Waals surface area contributed by atoms with E-state index in [2.05, 4.69) is 4.74 Å². The van der Waals surface area contributed by atoms with E-state index in [9.17, 15) is 18.8 Å². The minimum atomic E-state index is -3.01. The van der Waals surface area contributed by atoms with Gasteiger partial charge in [-0.1, -0.05) is 0 Å². The molecule has 0 amide bonds. The molecule has 4 unspecified atom stereocenters. The average molecular weight is 303 g/mol. The molecule has 1 aliphatic heterocycles. The number of carbonyl (C=O) groups is 3. The smallest absolute Gasteiger partial charge is 0.338 e. The molecule has 0 N–H and O–H groups in total. The van der Waals surface area contributed by atoms with Crippen molar-refractivity contribution in [1.29, 1.82) is 5.26 Å². The first-order chi connectivity index (χ1) is 9.69. The Morgan fingerprint density at radius 2 is 1.67 bits per heavy atom. The summed E-state index contributed by atoms with van der Waals surface area (Å²) in [4.78, 5) is 33.2. The number of esters is 3. The van der Waals surface area contributed by atoms with Gasteiger partial charge in [0.25, 0.3) is 0 Å². The number of hydrogen-bond acceptors (Lipinski definition) is 8. The quantitative estimate of drug-likeness (QED) is 0.529. The van der Waals surface area contributed by atoms with Gasteiger partial charge in [0.15, 0.2) is 12.2 Å². The number of hydrogen-bond donors (Lipinski definition) is 0. The Kier molecular flexibility index (Phi) is 5.21. The summed E-state index contributed by atoms with van der Waals surface area (Å²) in [5.41, 5.74) is 0. The van der Waals surface area contributed by atoms with Crippen molar-refractivity contribution >= 4 is 17.9 Å². The fourth-order valence-corrected chi connectivity index (χ4v) is 1.85. The highest BCUT2D eigenvalue weighted by Gasteiger charge is 2.57. The normalized spacial score (nSPS) is 31.7. The van der Waals surface area contributed by atoms with E-state index >= 15 is 0 Å². The summed E-state index contributed by atoms with van der Waals surface area (Å²) in [7, 11) is 0. The lowest BCUT2D eigenvalue weighted by atomic mass is 9.98. The fraction of sp³-hybridized carbons (Fsp3) is 0.667. The second-order valence-corrected chi connectivity index (χ2v) is 4.32. The molecule has 1 fully saturated rings. The fourth-order valence-electron chi connectivity index (χ4n) is 1.85. The van der Waals surface area contributed by atoms with E-state index in [-0.39, 0.29) is 0 Å². The van der Waals surface area contributed by atoms with E-state index in [1.165, 1.54) is 6.07 Å². The number of alkyl halides is 1. The van der Waals surface area contributed by atoms with Crippen LogP contribution in [0.2, 0.25) is 0 Å². The third-order valence-corrected chi connectivity index (χ3v) is 2.55. The third kappa shape index (κ3) is 4.13. The number of carbonyl (C=O) groups excluding carboxylic acids is 3. The van der Waals surface area contributed by atoms with E-state index in [4.69, 9.17) is 19.5 Å². The molecule has 4 atom stereocenters. The second-order valence-electron chi connectivity index (χ2n) is 4.32. The summed E-state index contributed by atoms with van der Waals surface area (Å²) in [6.07, 6.45) is -4.57. The summed E-state index contributed by atoms with van der Waals surface area (Å²) in [5.74, 6) is -5.48. The highest BCUT2D eigenvalue weighted by atomic mass is 19.2. The van der Waals surface area contributed by atoms with E-state index in [0.29, 0.717) is 0 Å². The van der Waals surface area contributed by atoms with E-state index < -0.39 is 48.7 Å². The van der Waals surface area contributed by atoms with Gasteiger partial charge in [0.1, 0.15) is 6.07 Å².